The molecule has 1 aliphatic carbocycles. The first kappa shape index (κ1) is 18.8. The Morgan fingerprint density at radius 3 is 2.21 bits per heavy atom. The van der Waals surface area contributed by atoms with Crippen molar-refractivity contribution in [2.24, 2.45) is 5.92 Å². The van der Waals surface area contributed by atoms with Gasteiger partial charge in [0.2, 0.25) is 5.91 Å². The predicted molar refractivity (Wildman–Crippen MR) is 107 cm³/mol. The van der Waals surface area contributed by atoms with E-state index in [1.54, 1.807) is 48.7 Å². The van der Waals surface area contributed by atoms with Crippen LogP contribution in [0.1, 0.15) is 27.6 Å². The van der Waals surface area contributed by atoms with Gasteiger partial charge < -0.3 is 19.3 Å². The molecule has 2 amide bonds. The standard InChI is InChI=1S/C21H24N2O4S/c1-26-15-10-14(11-16(12-15)27-2)20(24)22-5-7-23(8-6-22)21(25)18-13-17(18)19-4-3-9-28-19/h3-4,9-12,17-18H,5-8,13H2,1-2H3. The summed E-state index contributed by atoms with van der Waals surface area (Å²) in [4.78, 5) is 30.7. The lowest BCUT2D eigenvalue weighted by Crippen LogP contribution is -2.51. The maximum Gasteiger partial charge on any atom is 0.254 e. The SMILES string of the molecule is COc1cc(OC)cc(C(=O)N2CCN(C(=O)C3CC3c3cccs3)CC2)c1. The maximum atomic E-state index is 12.9. The van der Waals surface area contributed by atoms with Crippen molar-refractivity contribution in [2.45, 2.75) is 12.3 Å². The highest BCUT2D eigenvalue weighted by molar-refractivity contribution is 7.10. The zero-order valence-corrected chi connectivity index (χ0v) is 16.9. The minimum absolute atomic E-state index is 0.0628. The lowest BCUT2D eigenvalue weighted by Gasteiger charge is -2.35. The topological polar surface area (TPSA) is 59.1 Å². The molecule has 2 aliphatic rings. The Hall–Kier alpha value is -2.54. The van der Waals surface area contributed by atoms with Crippen LogP contribution in [0.4, 0.5) is 0 Å². The van der Waals surface area contributed by atoms with Gasteiger partial charge in [-0.3, -0.25) is 9.59 Å². The van der Waals surface area contributed by atoms with Crippen LogP contribution >= 0.6 is 11.3 Å². The van der Waals surface area contributed by atoms with Gasteiger partial charge in [0.1, 0.15) is 11.5 Å². The van der Waals surface area contributed by atoms with Gasteiger partial charge in [0.15, 0.2) is 0 Å². The number of hydrogen-bond donors (Lipinski definition) is 0. The molecule has 2 aromatic rings. The molecule has 2 unspecified atom stereocenters. The fourth-order valence-electron chi connectivity index (χ4n) is 3.76. The van der Waals surface area contributed by atoms with Crippen molar-refractivity contribution in [1.82, 2.24) is 9.80 Å². The van der Waals surface area contributed by atoms with Gasteiger partial charge in [-0.15, -0.1) is 11.3 Å². The summed E-state index contributed by atoms with van der Waals surface area (Å²) in [6.45, 7) is 2.25. The summed E-state index contributed by atoms with van der Waals surface area (Å²) >= 11 is 1.73. The predicted octanol–water partition coefficient (Wildman–Crippen LogP) is 2.85. The van der Waals surface area contributed by atoms with Gasteiger partial charge >= 0.3 is 0 Å². The average Bonchev–Trinajstić information content (AvgIpc) is 3.36. The van der Waals surface area contributed by atoms with E-state index in [0.29, 0.717) is 49.2 Å². The highest BCUT2D eigenvalue weighted by Crippen LogP contribution is 2.50. The molecular weight excluding hydrogens is 376 g/mol. The summed E-state index contributed by atoms with van der Waals surface area (Å²) in [6.07, 6.45) is 0.947. The van der Waals surface area contributed by atoms with Crippen LogP contribution in [-0.2, 0) is 4.79 Å². The minimum atomic E-state index is -0.0628. The highest BCUT2D eigenvalue weighted by Gasteiger charge is 2.46. The van der Waals surface area contributed by atoms with Crippen molar-refractivity contribution in [3.8, 4) is 11.5 Å². The van der Waals surface area contributed by atoms with Crippen LogP contribution in [0.25, 0.3) is 0 Å². The molecule has 1 saturated carbocycles. The van der Waals surface area contributed by atoms with Gasteiger partial charge in [-0.2, -0.15) is 0 Å². The molecule has 2 atom stereocenters. The number of amides is 2. The fraction of sp³-hybridized carbons (Fsp3) is 0.429. The third-order valence-corrected chi connectivity index (χ3v) is 6.50. The summed E-state index contributed by atoms with van der Waals surface area (Å²) < 4.78 is 10.5. The van der Waals surface area contributed by atoms with E-state index >= 15 is 0 Å². The number of carbonyl (C=O) groups is 2. The third-order valence-electron chi connectivity index (χ3n) is 5.49. The number of ether oxygens (including phenoxy) is 2. The van der Waals surface area contributed by atoms with Crippen molar-refractivity contribution in [3.63, 3.8) is 0 Å². The summed E-state index contributed by atoms with van der Waals surface area (Å²) in [6, 6.07) is 9.34. The number of piperazine rings is 1. The molecule has 0 spiro atoms. The fourth-order valence-corrected chi connectivity index (χ4v) is 4.67. The Labute approximate surface area is 168 Å². The second-order valence-corrected chi connectivity index (χ2v) is 8.16. The van der Waals surface area contributed by atoms with Crippen LogP contribution in [-0.4, -0.2) is 62.0 Å². The Morgan fingerprint density at radius 2 is 1.64 bits per heavy atom. The molecule has 4 rings (SSSR count). The molecule has 1 aromatic carbocycles. The van der Waals surface area contributed by atoms with E-state index in [9.17, 15) is 9.59 Å². The number of thiophene rings is 1. The Bertz CT molecular complexity index is 837. The van der Waals surface area contributed by atoms with E-state index in [1.807, 2.05) is 11.0 Å². The van der Waals surface area contributed by atoms with E-state index in [-0.39, 0.29) is 17.7 Å². The zero-order valence-electron chi connectivity index (χ0n) is 16.1. The number of methoxy groups -OCH3 is 2. The van der Waals surface area contributed by atoms with E-state index in [2.05, 4.69) is 11.4 Å². The first-order valence-electron chi connectivity index (χ1n) is 9.45. The molecular formula is C21H24N2O4S. The van der Waals surface area contributed by atoms with Crippen LogP contribution in [0.3, 0.4) is 0 Å². The van der Waals surface area contributed by atoms with E-state index in [0.717, 1.165) is 6.42 Å². The average molecular weight is 401 g/mol. The first-order valence-corrected chi connectivity index (χ1v) is 10.3. The van der Waals surface area contributed by atoms with Gasteiger partial charge in [-0.05, 0) is 30.0 Å². The Kier molecular flexibility index (Phi) is 5.26. The normalized spacial score (nSPS) is 21.4. The van der Waals surface area contributed by atoms with Gasteiger partial charge in [0, 0.05) is 54.5 Å². The van der Waals surface area contributed by atoms with Crippen LogP contribution in [0, 0.1) is 5.92 Å². The number of benzene rings is 1. The van der Waals surface area contributed by atoms with Crippen LogP contribution in [0.15, 0.2) is 35.7 Å². The maximum absolute atomic E-state index is 12.9. The van der Waals surface area contributed by atoms with Crippen molar-refractivity contribution in [3.05, 3.63) is 46.2 Å². The quantitative estimate of drug-likeness (QED) is 0.774. The van der Waals surface area contributed by atoms with Crippen molar-refractivity contribution >= 4 is 23.2 Å². The van der Waals surface area contributed by atoms with Gasteiger partial charge in [0.25, 0.3) is 5.91 Å². The smallest absolute Gasteiger partial charge is 0.254 e. The summed E-state index contributed by atoms with van der Waals surface area (Å²) in [5, 5.41) is 2.06. The van der Waals surface area contributed by atoms with E-state index in [1.165, 1.54) is 4.88 Å². The Balaban J connectivity index is 1.35. The summed E-state index contributed by atoms with van der Waals surface area (Å²) in [5.74, 6) is 1.84. The molecule has 148 valence electrons. The number of nitrogens with zero attached hydrogens (tertiary/aromatic N) is 2. The lowest BCUT2D eigenvalue weighted by atomic mass is 10.1. The second kappa shape index (κ2) is 7.83. The summed E-state index contributed by atoms with van der Waals surface area (Å²) in [7, 11) is 3.13. The van der Waals surface area contributed by atoms with E-state index in [4.69, 9.17) is 9.47 Å². The van der Waals surface area contributed by atoms with Gasteiger partial charge in [0.05, 0.1) is 14.2 Å². The molecule has 7 heteroatoms. The first-order chi connectivity index (χ1) is 13.6. The third kappa shape index (κ3) is 3.71. The number of carbonyl (C=O) groups excluding carboxylic acids is 2. The molecule has 6 nitrogen and oxygen atoms in total. The minimum Gasteiger partial charge on any atom is -0.497 e. The van der Waals surface area contributed by atoms with Crippen LogP contribution in [0.2, 0.25) is 0 Å². The van der Waals surface area contributed by atoms with Gasteiger partial charge in [-0.1, -0.05) is 6.07 Å². The van der Waals surface area contributed by atoms with Crippen LogP contribution < -0.4 is 9.47 Å². The van der Waals surface area contributed by atoms with Gasteiger partial charge in [-0.25, -0.2) is 0 Å². The molecule has 28 heavy (non-hydrogen) atoms. The monoisotopic (exact) mass is 400 g/mol. The van der Waals surface area contributed by atoms with Crippen molar-refractivity contribution < 1.29 is 19.1 Å². The second-order valence-electron chi connectivity index (χ2n) is 7.18. The summed E-state index contributed by atoms with van der Waals surface area (Å²) in [5.41, 5.74) is 0.538. The number of rotatable bonds is 5. The lowest BCUT2D eigenvalue weighted by molar-refractivity contribution is -0.134. The molecule has 2 heterocycles. The van der Waals surface area contributed by atoms with Crippen LogP contribution in [0.5, 0.6) is 11.5 Å². The number of hydrogen-bond acceptors (Lipinski definition) is 5. The van der Waals surface area contributed by atoms with Crippen molar-refractivity contribution in [1.29, 1.82) is 0 Å². The largest absolute Gasteiger partial charge is 0.497 e. The van der Waals surface area contributed by atoms with Crippen molar-refractivity contribution in [2.75, 3.05) is 40.4 Å². The zero-order chi connectivity index (χ0) is 19.7. The molecule has 1 aliphatic heterocycles. The molecule has 0 bridgehead atoms. The molecule has 2 fully saturated rings. The molecule has 0 N–H and O–H groups in total. The molecule has 1 aromatic heterocycles. The highest BCUT2D eigenvalue weighted by atomic mass is 32.1. The van der Waals surface area contributed by atoms with E-state index < -0.39 is 0 Å². The molecule has 0 radical (unpaired) electrons. The molecule has 1 saturated heterocycles. The Morgan fingerprint density at radius 1 is 1.00 bits per heavy atom.